The Morgan fingerprint density at radius 1 is 1.27 bits per heavy atom. The summed E-state index contributed by atoms with van der Waals surface area (Å²) in [7, 11) is 0. The Bertz CT molecular complexity index is 438. The number of aliphatic hydroxyl groups excluding tert-OH is 1. The van der Waals surface area contributed by atoms with E-state index in [0.29, 0.717) is 12.4 Å². The minimum Gasteiger partial charge on any atom is -0.388 e. The van der Waals surface area contributed by atoms with Gasteiger partial charge in [0.25, 0.3) is 0 Å². The van der Waals surface area contributed by atoms with Gasteiger partial charge in [-0.25, -0.2) is 14.1 Å². The van der Waals surface area contributed by atoms with Crippen molar-refractivity contribution in [3.05, 3.63) is 47.8 Å². The molecule has 1 N–H and O–H groups in total. The lowest BCUT2D eigenvalue weighted by Gasteiger charge is -2.03. The van der Waals surface area contributed by atoms with E-state index >= 15 is 0 Å². The first-order chi connectivity index (χ1) is 7.29. The Morgan fingerprint density at radius 2 is 2.00 bits per heavy atom. The fraction of sp³-hybridized carbons (Fsp3) is 0.200. The molecule has 2 aromatic rings. The molecular formula is C10H10FN3O. The van der Waals surface area contributed by atoms with Crippen molar-refractivity contribution in [2.45, 2.75) is 13.2 Å². The molecule has 2 rings (SSSR count). The van der Waals surface area contributed by atoms with Crippen LogP contribution in [0.5, 0.6) is 0 Å². The SMILES string of the molecule is OCc1ncnn1Cc1ccc(F)cc1. The molecule has 0 aliphatic rings. The normalized spacial score (nSPS) is 10.5. The number of aliphatic hydroxyl groups is 1. The second-order valence-corrected chi connectivity index (χ2v) is 3.12. The van der Waals surface area contributed by atoms with Crippen LogP contribution in [0.15, 0.2) is 30.6 Å². The van der Waals surface area contributed by atoms with E-state index in [2.05, 4.69) is 10.1 Å². The van der Waals surface area contributed by atoms with Gasteiger partial charge in [-0.2, -0.15) is 5.10 Å². The van der Waals surface area contributed by atoms with Crippen molar-refractivity contribution in [1.29, 1.82) is 0 Å². The molecule has 0 unspecified atom stereocenters. The summed E-state index contributed by atoms with van der Waals surface area (Å²) in [6.07, 6.45) is 1.38. The molecule has 0 spiro atoms. The van der Waals surface area contributed by atoms with Gasteiger partial charge in [0.15, 0.2) is 5.82 Å². The zero-order valence-corrected chi connectivity index (χ0v) is 7.97. The zero-order chi connectivity index (χ0) is 10.7. The standard InChI is InChI=1S/C10H10FN3O/c11-9-3-1-8(2-4-9)5-14-10(6-15)12-7-13-14/h1-4,7,15H,5-6H2. The van der Waals surface area contributed by atoms with Gasteiger partial charge in [-0.05, 0) is 17.7 Å². The maximum atomic E-state index is 12.6. The molecule has 1 aromatic carbocycles. The van der Waals surface area contributed by atoms with Crippen LogP contribution in [0, 0.1) is 5.82 Å². The summed E-state index contributed by atoms with van der Waals surface area (Å²) in [4.78, 5) is 3.88. The molecular weight excluding hydrogens is 197 g/mol. The molecule has 0 amide bonds. The Morgan fingerprint density at radius 3 is 2.67 bits per heavy atom. The fourth-order valence-electron chi connectivity index (χ4n) is 1.31. The number of rotatable bonds is 3. The van der Waals surface area contributed by atoms with Crippen molar-refractivity contribution in [3.63, 3.8) is 0 Å². The van der Waals surface area contributed by atoms with Gasteiger partial charge in [-0.1, -0.05) is 12.1 Å². The highest BCUT2D eigenvalue weighted by Gasteiger charge is 2.03. The van der Waals surface area contributed by atoms with Gasteiger partial charge in [0.05, 0.1) is 6.54 Å². The third kappa shape index (κ3) is 2.19. The minimum absolute atomic E-state index is 0.152. The van der Waals surface area contributed by atoms with E-state index in [9.17, 15) is 4.39 Å². The number of benzene rings is 1. The van der Waals surface area contributed by atoms with E-state index in [1.165, 1.54) is 18.5 Å². The van der Waals surface area contributed by atoms with E-state index in [0.717, 1.165) is 5.56 Å². The summed E-state index contributed by atoms with van der Waals surface area (Å²) in [6.45, 7) is 0.331. The molecule has 0 saturated carbocycles. The number of hydrogen-bond acceptors (Lipinski definition) is 3. The first kappa shape index (κ1) is 9.79. The number of hydrogen-bond donors (Lipinski definition) is 1. The average molecular weight is 207 g/mol. The van der Waals surface area contributed by atoms with Crippen LogP contribution in [-0.2, 0) is 13.2 Å². The van der Waals surface area contributed by atoms with Crippen LogP contribution in [0.1, 0.15) is 11.4 Å². The fourth-order valence-corrected chi connectivity index (χ4v) is 1.31. The molecule has 0 aliphatic heterocycles. The van der Waals surface area contributed by atoms with E-state index in [1.54, 1.807) is 16.8 Å². The molecule has 15 heavy (non-hydrogen) atoms. The van der Waals surface area contributed by atoms with Gasteiger partial charge >= 0.3 is 0 Å². The Labute approximate surface area is 86.0 Å². The van der Waals surface area contributed by atoms with Crippen molar-refractivity contribution in [1.82, 2.24) is 14.8 Å². The summed E-state index contributed by atoms with van der Waals surface area (Å²) in [5.41, 5.74) is 0.914. The van der Waals surface area contributed by atoms with Gasteiger partial charge in [0.1, 0.15) is 18.8 Å². The molecule has 0 radical (unpaired) electrons. The van der Waals surface area contributed by atoms with Crippen LogP contribution < -0.4 is 0 Å². The monoisotopic (exact) mass is 207 g/mol. The lowest BCUT2D eigenvalue weighted by molar-refractivity contribution is 0.264. The van der Waals surface area contributed by atoms with Gasteiger partial charge in [0, 0.05) is 0 Å². The lowest BCUT2D eigenvalue weighted by Crippen LogP contribution is -2.06. The first-order valence-corrected chi connectivity index (χ1v) is 4.51. The lowest BCUT2D eigenvalue weighted by atomic mass is 10.2. The van der Waals surface area contributed by atoms with Crippen molar-refractivity contribution in [2.75, 3.05) is 0 Å². The van der Waals surface area contributed by atoms with Gasteiger partial charge in [0.2, 0.25) is 0 Å². The zero-order valence-electron chi connectivity index (χ0n) is 7.97. The third-order valence-electron chi connectivity index (χ3n) is 2.08. The topological polar surface area (TPSA) is 50.9 Å². The highest BCUT2D eigenvalue weighted by atomic mass is 19.1. The third-order valence-corrected chi connectivity index (χ3v) is 2.08. The molecule has 0 bridgehead atoms. The molecule has 78 valence electrons. The summed E-state index contributed by atoms with van der Waals surface area (Å²) in [5.74, 6) is 0.235. The van der Waals surface area contributed by atoms with Crippen molar-refractivity contribution < 1.29 is 9.50 Å². The molecule has 0 aliphatic carbocycles. The summed E-state index contributed by atoms with van der Waals surface area (Å²) >= 11 is 0. The maximum absolute atomic E-state index is 12.6. The highest BCUT2D eigenvalue weighted by molar-refractivity contribution is 5.16. The number of halogens is 1. The van der Waals surface area contributed by atoms with Crippen LogP contribution in [0.2, 0.25) is 0 Å². The van der Waals surface area contributed by atoms with E-state index in [4.69, 9.17) is 5.11 Å². The largest absolute Gasteiger partial charge is 0.388 e. The van der Waals surface area contributed by atoms with E-state index in [1.807, 2.05) is 0 Å². The first-order valence-electron chi connectivity index (χ1n) is 4.51. The summed E-state index contributed by atoms with van der Waals surface area (Å²) in [6, 6.07) is 6.14. The minimum atomic E-state index is -0.264. The van der Waals surface area contributed by atoms with Crippen molar-refractivity contribution >= 4 is 0 Å². The van der Waals surface area contributed by atoms with Crippen LogP contribution in [0.3, 0.4) is 0 Å². The summed E-state index contributed by atoms with van der Waals surface area (Å²) in [5, 5.41) is 12.9. The van der Waals surface area contributed by atoms with Crippen LogP contribution >= 0.6 is 0 Å². The number of aromatic nitrogens is 3. The van der Waals surface area contributed by atoms with Crippen LogP contribution in [-0.4, -0.2) is 19.9 Å². The predicted octanol–water partition coefficient (Wildman–Crippen LogP) is 0.958. The van der Waals surface area contributed by atoms with Crippen molar-refractivity contribution in [3.8, 4) is 0 Å². The highest BCUT2D eigenvalue weighted by Crippen LogP contribution is 2.05. The Balaban J connectivity index is 2.18. The Hall–Kier alpha value is -1.75. The van der Waals surface area contributed by atoms with Crippen molar-refractivity contribution in [2.24, 2.45) is 0 Å². The number of nitrogens with zero attached hydrogens (tertiary/aromatic N) is 3. The second kappa shape index (κ2) is 4.18. The molecule has 0 saturated heterocycles. The van der Waals surface area contributed by atoms with Gasteiger partial charge < -0.3 is 5.11 Å². The van der Waals surface area contributed by atoms with Crippen LogP contribution in [0.4, 0.5) is 4.39 Å². The Kier molecular flexibility index (Phi) is 2.73. The summed E-state index contributed by atoms with van der Waals surface area (Å²) < 4.78 is 14.2. The van der Waals surface area contributed by atoms with E-state index in [-0.39, 0.29) is 12.4 Å². The maximum Gasteiger partial charge on any atom is 0.152 e. The smallest absolute Gasteiger partial charge is 0.152 e. The molecule has 1 heterocycles. The molecule has 5 heteroatoms. The van der Waals surface area contributed by atoms with E-state index < -0.39 is 0 Å². The quantitative estimate of drug-likeness (QED) is 0.815. The molecule has 0 fully saturated rings. The second-order valence-electron chi connectivity index (χ2n) is 3.12. The molecule has 1 aromatic heterocycles. The average Bonchev–Trinajstić information content (AvgIpc) is 2.69. The van der Waals surface area contributed by atoms with Gasteiger partial charge in [-0.15, -0.1) is 0 Å². The molecule has 4 nitrogen and oxygen atoms in total. The predicted molar refractivity (Wildman–Crippen MR) is 51.4 cm³/mol. The van der Waals surface area contributed by atoms with Gasteiger partial charge in [-0.3, -0.25) is 0 Å². The molecule has 0 atom stereocenters. The van der Waals surface area contributed by atoms with Crippen LogP contribution in [0.25, 0.3) is 0 Å².